The number of halogens is 4. The van der Waals surface area contributed by atoms with Crippen LogP contribution in [-0.2, 0) is 6.18 Å². The summed E-state index contributed by atoms with van der Waals surface area (Å²) in [7, 11) is 0. The molecule has 0 unspecified atom stereocenters. The summed E-state index contributed by atoms with van der Waals surface area (Å²) in [4.78, 5) is 11.7. The van der Waals surface area contributed by atoms with Gasteiger partial charge in [-0.15, -0.1) is 0 Å². The average molecular weight is 394 g/mol. The molecular formula is C20H15ClF3NO2. The maximum absolute atomic E-state index is 13.1. The number of carboxylic acids is 1. The molecule has 2 N–H and O–H groups in total. The molecule has 0 amide bonds. The zero-order chi connectivity index (χ0) is 19.3. The molecular weight excluding hydrogens is 379 g/mol. The predicted molar refractivity (Wildman–Crippen MR) is 96.2 cm³/mol. The Morgan fingerprint density at radius 2 is 2.00 bits per heavy atom. The van der Waals surface area contributed by atoms with E-state index in [0.29, 0.717) is 28.3 Å². The topological polar surface area (TPSA) is 49.3 Å². The second-order valence-corrected chi connectivity index (χ2v) is 7.19. The van der Waals surface area contributed by atoms with Crippen molar-refractivity contribution < 1.29 is 23.1 Å². The van der Waals surface area contributed by atoms with Gasteiger partial charge in [-0.3, -0.25) is 0 Å². The van der Waals surface area contributed by atoms with Crippen LogP contribution in [0.25, 0.3) is 0 Å². The number of allylic oxidation sites excluding steroid dienone is 2. The first-order chi connectivity index (χ1) is 12.8. The van der Waals surface area contributed by atoms with Gasteiger partial charge in [-0.25, -0.2) is 4.79 Å². The summed E-state index contributed by atoms with van der Waals surface area (Å²) in [5.74, 6) is -1.36. The molecule has 0 bridgehead atoms. The van der Waals surface area contributed by atoms with Gasteiger partial charge in [0.15, 0.2) is 0 Å². The van der Waals surface area contributed by atoms with Crippen molar-refractivity contribution >= 4 is 23.3 Å². The molecule has 1 aliphatic heterocycles. The van der Waals surface area contributed by atoms with Gasteiger partial charge in [0.25, 0.3) is 0 Å². The minimum atomic E-state index is -4.43. The number of alkyl halides is 3. The molecule has 27 heavy (non-hydrogen) atoms. The fourth-order valence-electron chi connectivity index (χ4n) is 4.10. The van der Waals surface area contributed by atoms with Crippen molar-refractivity contribution in [3.8, 4) is 0 Å². The summed E-state index contributed by atoms with van der Waals surface area (Å²) < 4.78 is 39.4. The van der Waals surface area contributed by atoms with Crippen LogP contribution in [0.15, 0.2) is 48.6 Å². The molecule has 0 spiro atoms. The number of carboxylic acid groups (broad SMARTS) is 1. The summed E-state index contributed by atoms with van der Waals surface area (Å²) in [6.45, 7) is 0. The van der Waals surface area contributed by atoms with Crippen LogP contribution in [0.1, 0.15) is 45.4 Å². The van der Waals surface area contributed by atoms with E-state index in [1.54, 1.807) is 6.07 Å². The number of carbonyl (C=O) groups is 1. The lowest BCUT2D eigenvalue weighted by Gasteiger charge is -2.38. The molecule has 0 aromatic heterocycles. The third kappa shape index (κ3) is 2.98. The Morgan fingerprint density at radius 1 is 1.22 bits per heavy atom. The van der Waals surface area contributed by atoms with Crippen LogP contribution in [0.5, 0.6) is 0 Å². The Hall–Kier alpha value is -2.47. The molecule has 0 saturated carbocycles. The van der Waals surface area contributed by atoms with Gasteiger partial charge in [-0.2, -0.15) is 13.2 Å². The van der Waals surface area contributed by atoms with Gasteiger partial charge >= 0.3 is 12.1 Å². The van der Waals surface area contributed by atoms with Crippen LogP contribution in [0.4, 0.5) is 18.9 Å². The molecule has 140 valence electrons. The minimum absolute atomic E-state index is 0.0856. The second kappa shape index (κ2) is 6.30. The van der Waals surface area contributed by atoms with Crippen molar-refractivity contribution in [2.45, 2.75) is 24.6 Å². The first-order valence-corrected chi connectivity index (χ1v) is 8.81. The van der Waals surface area contributed by atoms with Crippen molar-refractivity contribution in [3.05, 3.63) is 75.8 Å². The summed E-state index contributed by atoms with van der Waals surface area (Å²) in [6, 6.07) is 7.80. The highest BCUT2D eigenvalue weighted by Gasteiger charge is 2.41. The van der Waals surface area contributed by atoms with Crippen LogP contribution in [0.2, 0.25) is 5.02 Å². The number of fused-ring (bicyclic) bond motifs is 3. The third-order valence-electron chi connectivity index (χ3n) is 5.27. The van der Waals surface area contributed by atoms with Crippen LogP contribution in [0.3, 0.4) is 0 Å². The molecule has 2 aliphatic rings. The number of nitrogens with one attached hydrogen (secondary N) is 1. The normalized spacial score (nSPS) is 23.5. The lowest BCUT2D eigenvalue weighted by Crippen LogP contribution is -2.31. The van der Waals surface area contributed by atoms with Crippen LogP contribution in [0, 0.1) is 5.92 Å². The van der Waals surface area contributed by atoms with E-state index in [2.05, 4.69) is 5.32 Å². The van der Waals surface area contributed by atoms with E-state index < -0.39 is 23.8 Å². The molecule has 4 rings (SSSR count). The second-order valence-electron chi connectivity index (χ2n) is 6.79. The minimum Gasteiger partial charge on any atom is -0.478 e. The molecule has 7 heteroatoms. The lowest BCUT2D eigenvalue weighted by molar-refractivity contribution is -0.137. The average Bonchev–Trinajstić information content (AvgIpc) is 3.10. The molecule has 1 heterocycles. The van der Waals surface area contributed by atoms with Crippen molar-refractivity contribution in [3.63, 3.8) is 0 Å². The summed E-state index contributed by atoms with van der Waals surface area (Å²) >= 11 is 6.31. The Bertz CT molecular complexity index is 955. The van der Waals surface area contributed by atoms with E-state index in [1.165, 1.54) is 18.2 Å². The molecule has 3 atom stereocenters. The van der Waals surface area contributed by atoms with E-state index in [9.17, 15) is 23.1 Å². The van der Waals surface area contributed by atoms with E-state index in [-0.39, 0.29) is 17.4 Å². The monoisotopic (exact) mass is 393 g/mol. The van der Waals surface area contributed by atoms with Gasteiger partial charge in [0.05, 0.1) is 27.9 Å². The number of anilines is 1. The Labute approximate surface area is 158 Å². The van der Waals surface area contributed by atoms with E-state index in [0.717, 1.165) is 12.1 Å². The maximum atomic E-state index is 13.1. The summed E-state index contributed by atoms with van der Waals surface area (Å²) in [5, 5.41) is 13.1. The quantitative estimate of drug-likeness (QED) is 0.626. The van der Waals surface area contributed by atoms with Gasteiger partial charge in [0, 0.05) is 5.92 Å². The van der Waals surface area contributed by atoms with Crippen LogP contribution in [-0.4, -0.2) is 11.1 Å². The van der Waals surface area contributed by atoms with E-state index >= 15 is 0 Å². The Morgan fingerprint density at radius 3 is 2.70 bits per heavy atom. The fourth-order valence-corrected chi connectivity index (χ4v) is 4.32. The first-order valence-electron chi connectivity index (χ1n) is 8.43. The van der Waals surface area contributed by atoms with Crippen molar-refractivity contribution in [1.82, 2.24) is 0 Å². The van der Waals surface area contributed by atoms with Crippen molar-refractivity contribution in [1.29, 1.82) is 0 Å². The summed E-state index contributed by atoms with van der Waals surface area (Å²) in [6.07, 6.45) is 0.0839. The van der Waals surface area contributed by atoms with E-state index in [4.69, 9.17) is 11.6 Å². The summed E-state index contributed by atoms with van der Waals surface area (Å²) in [5.41, 5.74) is 1.03. The smallest absolute Gasteiger partial charge is 0.416 e. The maximum Gasteiger partial charge on any atom is 0.416 e. The molecule has 2 aromatic rings. The van der Waals surface area contributed by atoms with Crippen LogP contribution < -0.4 is 5.32 Å². The number of benzene rings is 2. The van der Waals surface area contributed by atoms with Crippen LogP contribution >= 0.6 is 11.6 Å². The predicted octanol–water partition coefficient (Wildman–Crippen LogP) is 5.88. The standard InChI is InChI=1S/C20H15ClF3NO2/c21-15-8-7-14(19(26)27)16-12-5-2-6-13(12)17(25-18(15)16)10-3-1-4-11(9-10)20(22,23)24/h1-5,7-9,12-13,17,25H,6H2,(H,26,27)/t12-,13+,17+/m0/s1. The Balaban J connectivity index is 1.84. The first kappa shape index (κ1) is 17.9. The number of hydrogen-bond donors (Lipinski definition) is 2. The highest BCUT2D eigenvalue weighted by Crippen LogP contribution is 2.52. The lowest BCUT2D eigenvalue weighted by atomic mass is 9.75. The highest BCUT2D eigenvalue weighted by molar-refractivity contribution is 6.33. The SMILES string of the molecule is O=C(O)c1ccc(Cl)c2c1[C@H]1C=CC[C@H]1[C@@H](c1cccc(C(F)(F)F)c1)N2. The molecule has 2 aromatic carbocycles. The fraction of sp³-hybridized carbons (Fsp3) is 0.250. The van der Waals surface area contributed by atoms with E-state index in [1.807, 2.05) is 12.2 Å². The van der Waals surface area contributed by atoms with Crippen molar-refractivity contribution in [2.75, 3.05) is 5.32 Å². The number of rotatable bonds is 2. The molecule has 0 fully saturated rings. The molecule has 0 saturated heterocycles. The zero-order valence-electron chi connectivity index (χ0n) is 13.9. The zero-order valence-corrected chi connectivity index (χ0v) is 14.7. The Kier molecular flexibility index (Phi) is 4.18. The third-order valence-corrected chi connectivity index (χ3v) is 5.59. The molecule has 0 radical (unpaired) electrons. The number of hydrogen-bond acceptors (Lipinski definition) is 2. The van der Waals surface area contributed by atoms with Crippen molar-refractivity contribution in [2.24, 2.45) is 5.92 Å². The number of aromatic carboxylic acids is 1. The van der Waals surface area contributed by atoms with Gasteiger partial charge in [0.1, 0.15) is 0 Å². The molecule has 3 nitrogen and oxygen atoms in total. The van der Waals surface area contributed by atoms with Gasteiger partial charge < -0.3 is 10.4 Å². The van der Waals surface area contributed by atoms with Gasteiger partial charge in [-0.05, 0) is 47.7 Å². The van der Waals surface area contributed by atoms with Gasteiger partial charge in [-0.1, -0.05) is 35.9 Å². The molecule has 1 aliphatic carbocycles. The highest BCUT2D eigenvalue weighted by atomic mass is 35.5. The van der Waals surface area contributed by atoms with Gasteiger partial charge in [0.2, 0.25) is 0 Å². The largest absolute Gasteiger partial charge is 0.478 e.